The molecule has 20 heavy (non-hydrogen) atoms. The van der Waals surface area contributed by atoms with Gasteiger partial charge in [-0.05, 0) is 36.5 Å². The third-order valence-corrected chi connectivity index (χ3v) is 4.45. The number of nitrogens with two attached hydrogens (primary N) is 1. The second-order valence-electron chi connectivity index (χ2n) is 5.46. The number of rotatable bonds is 5. The fraction of sp³-hybridized carbons (Fsp3) is 0.600. The van der Waals surface area contributed by atoms with E-state index in [1.54, 1.807) is 12.1 Å². The summed E-state index contributed by atoms with van der Waals surface area (Å²) in [4.78, 5) is 0. The van der Waals surface area contributed by atoms with Gasteiger partial charge in [-0.15, -0.1) is 0 Å². The Labute approximate surface area is 124 Å². The second-order valence-corrected chi connectivity index (χ2v) is 5.87. The standard InChI is InChI=1S/C15H22ClFN2O/c16-12-6-5-10(7-13(12)17)15(8-18)19-14-4-2-1-3-11(14)9-20/h5-7,11,14-15,19-20H,1-4,8-9,18H2. The lowest BCUT2D eigenvalue weighted by Gasteiger charge is -2.34. The molecule has 1 aromatic carbocycles. The maximum atomic E-state index is 13.6. The van der Waals surface area contributed by atoms with Gasteiger partial charge in [0.15, 0.2) is 0 Å². The Kier molecular flexibility index (Phi) is 5.78. The van der Waals surface area contributed by atoms with Gasteiger partial charge in [0.25, 0.3) is 0 Å². The first-order valence-corrected chi connectivity index (χ1v) is 7.55. The molecule has 3 unspecified atom stereocenters. The van der Waals surface area contributed by atoms with Crippen LogP contribution in [0.4, 0.5) is 4.39 Å². The van der Waals surface area contributed by atoms with E-state index in [-0.39, 0.29) is 29.6 Å². The first kappa shape index (κ1) is 15.7. The van der Waals surface area contributed by atoms with Crippen LogP contribution in [0.5, 0.6) is 0 Å². The number of halogens is 2. The molecule has 4 N–H and O–H groups in total. The molecule has 3 atom stereocenters. The highest BCUT2D eigenvalue weighted by Gasteiger charge is 2.26. The highest BCUT2D eigenvalue weighted by molar-refractivity contribution is 6.30. The van der Waals surface area contributed by atoms with Crippen LogP contribution in [0.1, 0.15) is 37.3 Å². The normalized spacial score (nSPS) is 24.6. The van der Waals surface area contributed by atoms with Gasteiger partial charge in [-0.1, -0.05) is 30.5 Å². The van der Waals surface area contributed by atoms with E-state index in [1.165, 1.54) is 6.07 Å². The molecule has 0 radical (unpaired) electrons. The molecule has 0 heterocycles. The maximum Gasteiger partial charge on any atom is 0.142 e. The molecule has 0 bridgehead atoms. The van der Waals surface area contributed by atoms with Gasteiger partial charge in [-0.25, -0.2) is 4.39 Å². The Balaban J connectivity index is 2.09. The SMILES string of the molecule is NCC(NC1CCCCC1CO)c1ccc(Cl)c(F)c1. The minimum absolute atomic E-state index is 0.112. The molecule has 0 spiro atoms. The molecule has 2 rings (SSSR count). The third kappa shape index (κ3) is 3.70. The fourth-order valence-corrected chi connectivity index (χ4v) is 3.05. The second kappa shape index (κ2) is 7.36. The summed E-state index contributed by atoms with van der Waals surface area (Å²) in [6.07, 6.45) is 4.37. The smallest absolute Gasteiger partial charge is 0.142 e. The van der Waals surface area contributed by atoms with Crippen LogP contribution < -0.4 is 11.1 Å². The number of aliphatic hydroxyl groups excluding tert-OH is 1. The molecule has 1 saturated carbocycles. The molecule has 1 aromatic rings. The summed E-state index contributed by atoms with van der Waals surface area (Å²) in [5.74, 6) is -0.165. The number of benzene rings is 1. The molecule has 1 aliphatic carbocycles. The van der Waals surface area contributed by atoms with Crippen LogP contribution in [0.2, 0.25) is 5.02 Å². The zero-order valence-corrected chi connectivity index (χ0v) is 12.2. The van der Waals surface area contributed by atoms with Crippen molar-refractivity contribution in [2.75, 3.05) is 13.2 Å². The maximum absolute atomic E-state index is 13.6. The highest BCUT2D eigenvalue weighted by Crippen LogP contribution is 2.27. The van der Waals surface area contributed by atoms with Gasteiger partial charge in [0.1, 0.15) is 5.82 Å². The van der Waals surface area contributed by atoms with Crippen molar-refractivity contribution in [2.45, 2.75) is 37.8 Å². The van der Waals surface area contributed by atoms with Crippen LogP contribution in [-0.2, 0) is 0 Å². The van der Waals surface area contributed by atoms with Crippen molar-refractivity contribution in [3.63, 3.8) is 0 Å². The van der Waals surface area contributed by atoms with Gasteiger partial charge >= 0.3 is 0 Å². The molecule has 0 saturated heterocycles. The lowest BCUT2D eigenvalue weighted by molar-refractivity contribution is 0.146. The summed E-state index contributed by atoms with van der Waals surface area (Å²) < 4.78 is 13.6. The lowest BCUT2D eigenvalue weighted by Crippen LogP contribution is -2.44. The van der Waals surface area contributed by atoms with Crippen LogP contribution >= 0.6 is 11.6 Å². The number of hydrogen-bond acceptors (Lipinski definition) is 3. The van der Waals surface area contributed by atoms with Gasteiger partial charge in [0.2, 0.25) is 0 Å². The van der Waals surface area contributed by atoms with Crippen LogP contribution in [0.3, 0.4) is 0 Å². The van der Waals surface area contributed by atoms with E-state index in [2.05, 4.69) is 5.32 Å². The van der Waals surface area contributed by atoms with Crippen LogP contribution in [-0.4, -0.2) is 24.3 Å². The van der Waals surface area contributed by atoms with E-state index >= 15 is 0 Å². The van der Waals surface area contributed by atoms with Gasteiger partial charge in [-0.3, -0.25) is 0 Å². The monoisotopic (exact) mass is 300 g/mol. The highest BCUT2D eigenvalue weighted by atomic mass is 35.5. The summed E-state index contributed by atoms with van der Waals surface area (Å²) in [6.45, 7) is 0.569. The summed E-state index contributed by atoms with van der Waals surface area (Å²) in [7, 11) is 0. The lowest BCUT2D eigenvalue weighted by atomic mass is 9.84. The summed E-state index contributed by atoms with van der Waals surface area (Å²) in [6, 6.07) is 4.91. The predicted molar refractivity (Wildman–Crippen MR) is 79.2 cm³/mol. The zero-order valence-electron chi connectivity index (χ0n) is 11.5. The van der Waals surface area contributed by atoms with E-state index in [1.807, 2.05) is 0 Å². The first-order chi connectivity index (χ1) is 9.65. The van der Waals surface area contributed by atoms with E-state index in [9.17, 15) is 9.50 Å². The van der Waals surface area contributed by atoms with Crippen molar-refractivity contribution in [2.24, 2.45) is 11.7 Å². The average molecular weight is 301 g/mol. The fourth-order valence-electron chi connectivity index (χ4n) is 2.93. The quantitative estimate of drug-likeness (QED) is 0.783. The third-order valence-electron chi connectivity index (χ3n) is 4.14. The van der Waals surface area contributed by atoms with Crippen molar-refractivity contribution in [3.05, 3.63) is 34.6 Å². The Morgan fingerprint density at radius 2 is 2.15 bits per heavy atom. The topological polar surface area (TPSA) is 58.3 Å². The van der Waals surface area contributed by atoms with Gasteiger partial charge in [-0.2, -0.15) is 0 Å². The molecule has 0 aliphatic heterocycles. The Hall–Kier alpha value is -0.680. The molecule has 5 heteroatoms. The van der Waals surface area contributed by atoms with Crippen molar-refractivity contribution in [3.8, 4) is 0 Å². The predicted octanol–water partition coefficient (Wildman–Crippen LogP) is 2.62. The Morgan fingerprint density at radius 1 is 1.40 bits per heavy atom. The number of aliphatic hydroxyl groups is 1. The minimum atomic E-state index is -0.424. The van der Waals surface area contributed by atoms with Crippen molar-refractivity contribution in [1.29, 1.82) is 0 Å². The van der Waals surface area contributed by atoms with E-state index in [0.717, 1.165) is 31.2 Å². The number of nitrogens with one attached hydrogen (secondary N) is 1. The van der Waals surface area contributed by atoms with E-state index < -0.39 is 5.82 Å². The first-order valence-electron chi connectivity index (χ1n) is 7.17. The van der Waals surface area contributed by atoms with Gasteiger partial charge in [0, 0.05) is 25.2 Å². The summed E-state index contributed by atoms with van der Waals surface area (Å²) in [5.41, 5.74) is 6.62. The van der Waals surface area contributed by atoms with E-state index in [0.29, 0.717) is 6.54 Å². The summed E-state index contributed by atoms with van der Waals surface area (Å²) >= 11 is 5.71. The minimum Gasteiger partial charge on any atom is -0.396 e. The molecule has 1 aliphatic rings. The molecule has 1 fully saturated rings. The molecule has 3 nitrogen and oxygen atoms in total. The van der Waals surface area contributed by atoms with Crippen LogP contribution in [0.25, 0.3) is 0 Å². The largest absolute Gasteiger partial charge is 0.396 e. The Morgan fingerprint density at radius 3 is 2.80 bits per heavy atom. The molecular formula is C15H22ClFN2O. The van der Waals surface area contributed by atoms with Gasteiger partial charge < -0.3 is 16.2 Å². The van der Waals surface area contributed by atoms with Crippen LogP contribution in [0, 0.1) is 11.7 Å². The molecular weight excluding hydrogens is 279 g/mol. The Bertz CT molecular complexity index is 444. The molecule has 0 aromatic heterocycles. The molecule has 0 amide bonds. The summed E-state index contributed by atoms with van der Waals surface area (Å²) in [5, 5.41) is 13.0. The average Bonchev–Trinajstić information content (AvgIpc) is 2.48. The molecule has 112 valence electrons. The van der Waals surface area contributed by atoms with E-state index in [4.69, 9.17) is 17.3 Å². The van der Waals surface area contributed by atoms with Crippen molar-refractivity contribution in [1.82, 2.24) is 5.32 Å². The van der Waals surface area contributed by atoms with Crippen molar-refractivity contribution >= 4 is 11.6 Å². The van der Waals surface area contributed by atoms with Crippen molar-refractivity contribution < 1.29 is 9.50 Å². The van der Waals surface area contributed by atoms with Crippen LogP contribution in [0.15, 0.2) is 18.2 Å². The number of hydrogen-bond donors (Lipinski definition) is 3. The zero-order chi connectivity index (χ0) is 14.5. The van der Waals surface area contributed by atoms with Gasteiger partial charge in [0.05, 0.1) is 5.02 Å².